The average molecular weight is 286 g/mol. The summed E-state index contributed by atoms with van der Waals surface area (Å²) < 4.78 is 2.18. The maximum absolute atomic E-state index is 4.22. The van der Waals surface area contributed by atoms with Crippen LogP contribution in [-0.4, -0.2) is 41.1 Å². The molecule has 4 heteroatoms. The third kappa shape index (κ3) is 5.69. The summed E-state index contributed by atoms with van der Waals surface area (Å²) in [5.74, 6) is 1.08. The Hall–Kier alpha value is -1.65. The summed E-state index contributed by atoms with van der Waals surface area (Å²) in [5, 5.41) is 3.49. The van der Waals surface area contributed by atoms with Crippen LogP contribution in [0.3, 0.4) is 0 Å². The van der Waals surface area contributed by atoms with Gasteiger partial charge < -0.3 is 14.8 Å². The first-order chi connectivity index (χ1) is 10.3. The van der Waals surface area contributed by atoms with Gasteiger partial charge in [0.15, 0.2) is 0 Å². The van der Waals surface area contributed by atoms with Gasteiger partial charge in [0.2, 0.25) is 0 Å². The smallest absolute Gasteiger partial charge is 0.105 e. The van der Waals surface area contributed by atoms with Gasteiger partial charge in [-0.05, 0) is 39.0 Å². The molecule has 0 aliphatic rings. The maximum atomic E-state index is 4.22. The molecule has 0 aliphatic heterocycles. The highest BCUT2D eigenvalue weighted by atomic mass is 15.1. The number of rotatable bonds is 9. The fourth-order valence-electron chi connectivity index (χ4n) is 2.41. The Labute approximate surface area is 127 Å². The lowest BCUT2D eigenvalue weighted by molar-refractivity contribution is 0.319. The SMILES string of the molecule is Cc1nccn1CCNCCCN(C)Cc1ccccc1. The minimum absolute atomic E-state index is 0.992. The van der Waals surface area contributed by atoms with E-state index in [0.29, 0.717) is 0 Å². The number of nitrogens with one attached hydrogen (secondary N) is 1. The number of hydrogen-bond donors (Lipinski definition) is 1. The minimum atomic E-state index is 0.992. The van der Waals surface area contributed by atoms with Gasteiger partial charge in [-0.15, -0.1) is 0 Å². The third-order valence-electron chi connectivity index (χ3n) is 3.64. The van der Waals surface area contributed by atoms with Gasteiger partial charge in [0.1, 0.15) is 5.82 Å². The average Bonchev–Trinajstić information content (AvgIpc) is 2.89. The molecule has 1 N–H and O–H groups in total. The van der Waals surface area contributed by atoms with Crippen LogP contribution in [0.1, 0.15) is 17.8 Å². The Morgan fingerprint density at radius 2 is 2.00 bits per heavy atom. The zero-order chi connectivity index (χ0) is 14.9. The number of imidazole rings is 1. The number of nitrogens with zero attached hydrogens (tertiary/aromatic N) is 3. The molecule has 0 aliphatic carbocycles. The van der Waals surface area contributed by atoms with E-state index in [-0.39, 0.29) is 0 Å². The summed E-state index contributed by atoms with van der Waals surface area (Å²) >= 11 is 0. The number of aromatic nitrogens is 2. The fourth-order valence-corrected chi connectivity index (χ4v) is 2.41. The Kier molecular flexibility index (Phi) is 6.44. The van der Waals surface area contributed by atoms with Crippen LogP contribution in [0.5, 0.6) is 0 Å². The molecule has 0 amide bonds. The number of aryl methyl sites for hydroxylation is 1. The highest BCUT2D eigenvalue weighted by molar-refractivity contribution is 5.14. The summed E-state index contributed by atoms with van der Waals surface area (Å²) in [7, 11) is 2.18. The van der Waals surface area contributed by atoms with Crippen molar-refractivity contribution in [3.8, 4) is 0 Å². The first-order valence-electron chi connectivity index (χ1n) is 7.66. The highest BCUT2D eigenvalue weighted by Gasteiger charge is 2.00. The fraction of sp³-hybridized carbons (Fsp3) is 0.471. The molecule has 2 rings (SSSR count). The molecule has 0 bridgehead atoms. The molecular formula is C17H26N4. The summed E-state index contributed by atoms with van der Waals surface area (Å²) in [4.78, 5) is 6.60. The summed E-state index contributed by atoms with van der Waals surface area (Å²) in [6.07, 6.45) is 5.06. The summed E-state index contributed by atoms with van der Waals surface area (Å²) in [6, 6.07) is 10.6. The van der Waals surface area contributed by atoms with E-state index in [0.717, 1.165) is 38.5 Å². The second kappa shape index (κ2) is 8.60. The lowest BCUT2D eigenvalue weighted by Crippen LogP contribution is -2.26. The molecule has 1 aromatic heterocycles. The van der Waals surface area contributed by atoms with Gasteiger partial charge in [0.25, 0.3) is 0 Å². The summed E-state index contributed by atoms with van der Waals surface area (Å²) in [6.45, 7) is 7.23. The molecule has 1 aromatic carbocycles. The van der Waals surface area contributed by atoms with E-state index in [2.05, 4.69) is 57.1 Å². The molecule has 0 fully saturated rings. The molecule has 2 aromatic rings. The van der Waals surface area contributed by atoms with Crippen molar-refractivity contribution in [3.63, 3.8) is 0 Å². The quantitative estimate of drug-likeness (QED) is 0.718. The predicted molar refractivity (Wildman–Crippen MR) is 87.2 cm³/mol. The molecule has 0 unspecified atom stereocenters. The highest BCUT2D eigenvalue weighted by Crippen LogP contribution is 2.02. The Morgan fingerprint density at radius 1 is 1.19 bits per heavy atom. The van der Waals surface area contributed by atoms with Crippen LogP contribution < -0.4 is 5.32 Å². The third-order valence-corrected chi connectivity index (χ3v) is 3.64. The molecule has 0 saturated carbocycles. The van der Waals surface area contributed by atoms with Crippen LogP contribution in [0, 0.1) is 6.92 Å². The van der Waals surface area contributed by atoms with Gasteiger partial charge in [-0.3, -0.25) is 0 Å². The van der Waals surface area contributed by atoms with E-state index < -0.39 is 0 Å². The van der Waals surface area contributed by atoms with E-state index in [1.807, 2.05) is 19.3 Å². The van der Waals surface area contributed by atoms with Crippen molar-refractivity contribution in [2.24, 2.45) is 0 Å². The first-order valence-corrected chi connectivity index (χ1v) is 7.66. The largest absolute Gasteiger partial charge is 0.334 e. The van der Waals surface area contributed by atoms with Crippen LogP contribution in [0.2, 0.25) is 0 Å². The van der Waals surface area contributed by atoms with Gasteiger partial charge in [-0.1, -0.05) is 30.3 Å². The Balaban J connectivity index is 1.52. The van der Waals surface area contributed by atoms with E-state index in [9.17, 15) is 0 Å². The lowest BCUT2D eigenvalue weighted by Gasteiger charge is -2.16. The van der Waals surface area contributed by atoms with Crippen molar-refractivity contribution < 1.29 is 0 Å². The Bertz CT molecular complexity index is 507. The van der Waals surface area contributed by atoms with Crippen LogP contribution in [0.25, 0.3) is 0 Å². The first kappa shape index (κ1) is 15.7. The van der Waals surface area contributed by atoms with Gasteiger partial charge in [0, 0.05) is 32.0 Å². The monoisotopic (exact) mass is 286 g/mol. The number of hydrogen-bond acceptors (Lipinski definition) is 3. The molecule has 0 saturated heterocycles. The Morgan fingerprint density at radius 3 is 2.71 bits per heavy atom. The lowest BCUT2D eigenvalue weighted by atomic mass is 10.2. The zero-order valence-electron chi connectivity index (χ0n) is 13.1. The van der Waals surface area contributed by atoms with Crippen LogP contribution >= 0.6 is 0 Å². The number of benzene rings is 1. The van der Waals surface area contributed by atoms with E-state index in [1.165, 1.54) is 12.0 Å². The van der Waals surface area contributed by atoms with E-state index >= 15 is 0 Å². The molecule has 4 nitrogen and oxygen atoms in total. The molecule has 0 atom stereocenters. The molecule has 114 valence electrons. The predicted octanol–water partition coefficient (Wildman–Crippen LogP) is 2.30. The van der Waals surface area contributed by atoms with Crippen molar-refractivity contribution in [1.29, 1.82) is 0 Å². The molecular weight excluding hydrogens is 260 g/mol. The molecule has 21 heavy (non-hydrogen) atoms. The van der Waals surface area contributed by atoms with E-state index in [4.69, 9.17) is 0 Å². The minimum Gasteiger partial charge on any atom is -0.334 e. The van der Waals surface area contributed by atoms with Gasteiger partial charge in [0.05, 0.1) is 0 Å². The van der Waals surface area contributed by atoms with Gasteiger partial charge in [-0.2, -0.15) is 0 Å². The molecule has 1 heterocycles. The van der Waals surface area contributed by atoms with Crippen LogP contribution in [-0.2, 0) is 13.1 Å². The van der Waals surface area contributed by atoms with Gasteiger partial charge >= 0.3 is 0 Å². The van der Waals surface area contributed by atoms with Crippen molar-refractivity contribution in [1.82, 2.24) is 19.8 Å². The second-order valence-electron chi connectivity index (χ2n) is 5.49. The van der Waals surface area contributed by atoms with Crippen molar-refractivity contribution in [2.45, 2.75) is 26.4 Å². The zero-order valence-corrected chi connectivity index (χ0v) is 13.1. The van der Waals surface area contributed by atoms with E-state index in [1.54, 1.807) is 0 Å². The summed E-state index contributed by atoms with van der Waals surface area (Å²) in [5.41, 5.74) is 1.38. The standard InChI is InChI=1S/C17H26N4/c1-16-19-11-14-21(16)13-10-18-9-6-12-20(2)15-17-7-4-3-5-8-17/h3-5,7-8,11,14,18H,6,9-10,12-13,15H2,1-2H3. The second-order valence-corrected chi connectivity index (χ2v) is 5.49. The van der Waals surface area contributed by atoms with Crippen molar-refractivity contribution in [3.05, 3.63) is 54.1 Å². The molecule has 0 radical (unpaired) electrons. The molecule has 0 spiro atoms. The van der Waals surface area contributed by atoms with Gasteiger partial charge in [-0.25, -0.2) is 4.98 Å². The van der Waals surface area contributed by atoms with Crippen molar-refractivity contribution >= 4 is 0 Å². The topological polar surface area (TPSA) is 33.1 Å². The van der Waals surface area contributed by atoms with Crippen LogP contribution in [0.4, 0.5) is 0 Å². The maximum Gasteiger partial charge on any atom is 0.105 e. The van der Waals surface area contributed by atoms with Crippen molar-refractivity contribution in [2.75, 3.05) is 26.7 Å². The van der Waals surface area contributed by atoms with Crippen LogP contribution in [0.15, 0.2) is 42.7 Å². The normalized spacial score (nSPS) is 11.2.